The van der Waals surface area contributed by atoms with Crippen molar-refractivity contribution in [3.05, 3.63) is 24.6 Å². The number of hydrogen-bond acceptors (Lipinski definition) is 14. The SMILES string of the molecule is C[C@]1(O)[C@H](O)[C@@H](CO)O[C@H]1N1C=CC(=O)CC1=O.C[C@]1(O)[C@H](OC(=O)C(Cl)(Cl)Cl)[C@@H](COC(=O)C(Cl)(Cl)Cl)O[C@H]1N1C=CC(=O)CC1=O. The van der Waals surface area contributed by atoms with Crippen molar-refractivity contribution in [3.8, 4) is 0 Å². The maximum Gasteiger partial charge on any atom is 0.359 e. The molecule has 4 aliphatic heterocycles. The molecule has 0 aliphatic carbocycles. The summed E-state index contributed by atoms with van der Waals surface area (Å²) in [5.74, 6) is -4.63. The van der Waals surface area contributed by atoms with E-state index in [0.29, 0.717) is 0 Å². The third-order valence-corrected chi connectivity index (χ3v) is 8.23. The Bertz CT molecular complexity index is 1380. The summed E-state index contributed by atoms with van der Waals surface area (Å²) in [7, 11) is 0. The number of aliphatic hydroxyl groups excluding tert-OH is 2. The van der Waals surface area contributed by atoms with Crippen LogP contribution in [0.2, 0.25) is 0 Å². The van der Waals surface area contributed by atoms with Crippen molar-refractivity contribution in [2.45, 2.75) is 82.3 Å². The fourth-order valence-corrected chi connectivity index (χ4v) is 5.18. The Kier molecular flexibility index (Phi) is 12.9. The highest BCUT2D eigenvalue weighted by Gasteiger charge is 2.60. The Morgan fingerprint density at radius 2 is 1.27 bits per heavy atom. The molecule has 2 fully saturated rings. The molecular weight excluding hydrogens is 777 g/mol. The number of alkyl halides is 6. The van der Waals surface area contributed by atoms with Crippen LogP contribution < -0.4 is 0 Å². The zero-order chi connectivity index (χ0) is 36.6. The van der Waals surface area contributed by atoms with Gasteiger partial charge >= 0.3 is 11.9 Å². The second-order valence-electron chi connectivity index (χ2n) is 11.1. The number of halogens is 6. The number of carbonyl (C=O) groups is 6. The Morgan fingerprint density at radius 1 is 0.833 bits per heavy atom. The van der Waals surface area contributed by atoms with Crippen LogP contribution in [0.4, 0.5) is 0 Å². The molecule has 4 aliphatic rings. The van der Waals surface area contributed by atoms with E-state index in [1.165, 1.54) is 26.1 Å². The first-order valence-electron chi connectivity index (χ1n) is 13.5. The van der Waals surface area contributed by atoms with Crippen LogP contribution in [0, 0.1) is 0 Å². The first kappa shape index (κ1) is 40.6. The van der Waals surface area contributed by atoms with E-state index < -0.39 is 105 Å². The van der Waals surface area contributed by atoms with Crippen LogP contribution in [0.15, 0.2) is 24.6 Å². The monoisotopic (exact) mass is 802 g/mol. The van der Waals surface area contributed by atoms with Crippen LogP contribution in [0.25, 0.3) is 0 Å². The summed E-state index contributed by atoms with van der Waals surface area (Å²) in [6.07, 6.45) is -3.97. The molecule has 0 radical (unpaired) electrons. The lowest BCUT2D eigenvalue weighted by molar-refractivity contribution is -0.167. The topological polar surface area (TPSA) is 227 Å². The van der Waals surface area contributed by atoms with Crippen molar-refractivity contribution in [2.24, 2.45) is 0 Å². The molecule has 0 spiro atoms. The Morgan fingerprint density at radius 3 is 1.67 bits per heavy atom. The standard InChI is InChI=1S/C15H13Cl6NO8.C11H15NO6/c1-13(27)9(30-12(26)15(19,20)21)7(5-28-11(25)14(16,17)18)29-10(13)22-3-2-6(23)4-8(22)24;1-11(17)9(16)7(5-13)18-10(11)12-3-2-6(14)4-8(12)15/h2-3,7,9-10,27H,4-5H2,1H3;2-3,7,9-10,13,16-17H,4-5H2,1H3/t7-,9-,10-,13+;7-,9-,10-,11+/m11/s1. The van der Waals surface area contributed by atoms with E-state index in [1.807, 2.05) is 0 Å². The van der Waals surface area contributed by atoms with Gasteiger partial charge in [0.2, 0.25) is 11.8 Å². The summed E-state index contributed by atoms with van der Waals surface area (Å²) in [4.78, 5) is 72.1. The minimum atomic E-state index is -2.50. The van der Waals surface area contributed by atoms with Gasteiger partial charge in [0.1, 0.15) is 36.1 Å². The highest BCUT2D eigenvalue weighted by Crippen LogP contribution is 2.39. The third kappa shape index (κ3) is 9.10. The minimum absolute atomic E-state index is 0.299. The summed E-state index contributed by atoms with van der Waals surface area (Å²) in [6.45, 7) is 1.35. The molecule has 4 N–H and O–H groups in total. The van der Waals surface area contributed by atoms with Gasteiger partial charge in [0.05, 0.1) is 19.4 Å². The fraction of sp³-hybridized carbons (Fsp3) is 0.615. The molecule has 16 nitrogen and oxygen atoms in total. The molecule has 8 atom stereocenters. The van der Waals surface area contributed by atoms with Crippen LogP contribution in [0.5, 0.6) is 0 Å². The van der Waals surface area contributed by atoms with Crippen molar-refractivity contribution >= 4 is 105 Å². The smallest absolute Gasteiger partial charge is 0.359 e. The van der Waals surface area contributed by atoms with Gasteiger partial charge in [-0.15, -0.1) is 0 Å². The molecule has 2 amide bonds. The highest BCUT2D eigenvalue weighted by atomic mass is 35.6. The zero-order valence-corrected chi connectivity index (χ0v) is 29.2. The van der Waals surface area contributed by atoms with Crippen molar-refractivity contribution < 1.29 is 68.1 Å². The average molecular weight is 805 g/mol. The quantitative estimate of drug-likeness (QED) is 0.159. The molecule has 0 unspecified atom stereocenters. The second-order valence-corrected chi connectivity index (χ2v) is 15.6. The summed E-state index contributed by atoms with van der Waals surface area (Å²) < 4.78 is 15.9. The number of nitrogens with zero attached hydrogens (tertiary/aromatic N) is 2. The second kappa shape index (κ2) is 15.2. The molecule has 48 heavy (non-hydrogen) atoms. The van der Waals surface area contributed by atoms with Crippen molar-refractivity contribution in [1.29, 1.82) is 0 Å². The first-order chi connectivity index (χ1) is 21.9. The molecule has 0 aromatic carbocycles. The predicted octanol–water partition coefficient (Wildman–Crippen LogP) is 0.103. The van der Waals surface area contributed by atoms with Crippen LogP contribution in [-0.4, -0.2) is 134 Å². The van der Waals surface area contributed by atoms with Crippen molar-refractivity contribution in [2.75, 3.05) is 13.2 Å². The van der Waals surface area contributed by atoms with E-state index >= 15 is 0 Å². The number of amides is 2. The lowest BCUT2D eigenvalue weighted by Gasteiger charge is -2.35. The van der Waals surface area contributed by atoms with E-state index in [2.05, 4.69) is 0 Å². The molecule has 4 rings (SSSR count). The van der Waals surface area contributed by atoms with Gasteiger partial charge in [-0.05, 0) is 26.0 Å². The molecule has 268 valence electrons. The largest absolute Gasteiger partial charge is 0.460 e. The zero-order valence-electron chi connectivity index (χ0n) is 24.6. The number of ether oxygens (including phenoxy) is 4. The number of aliphatic hydroxyl groups is 4. The van der Waals surface area contributed by atoms with E-state index in [9.17, 15) is 44.1 Å². The first-order valence-corrected chi connectivity index (χ1v) is 15.8. The number of carbonyl (C=O) groups excluding carboxylic acids is 6. The maximum absolute atomic E-state index is 12.2. The van der Waals surface area contributed by atoms with Crippen LogP contribution in [-0.2, 0) is 47.7 Å². The lowest BCUT2D eigenvalue weighted by atomic mass is 9.95. The minimum Gasteiger partial charge on any atom is -0.460 e. The van der Waals surface area contributed by atoms with Crippen LogP contribution in [0.3, 0.4) is 0 Å². The summed E-state index contributed by atoms with van der Waals surface area (Å²) in [6, 6.07) is 0. The van der Waals surface area contributed by atoms with Crippen molar-refractivity contribution in [3.63, 3.8) is 0 Å². The molecule has 0 aromatic heterocycles. The van der Waals surface area contributed by atoms with Gasteiger partial charge in [-0.1, -0.05) is 69.6 Å². The number of allylic oxidation sites excluding steroid dienone is 2. The van der Waals surface area contributed by atoms with Crippen molar-refractivity contribution in [1.82, 2.24) is 9.80 Å². The van der Waals surface area contributed by atoms with E-state index in [-0.39, 0.29) is 12.2 Å². The lowest BCUT2D eigenvalue weighted by Crippen LogP contribution is -2.55. The molecule has 2 saturated heterocycles. The van der Waals surface area contributed by atoms with Gasteiger partial charge in [-0.25, -0.2) is 9.59 Å². The highest BCUT2D eigenvalue weighted by molar-refractivity contribution is 6.76. The average Bonchev–Trinajstić information content (AvgIpc) is 3.34. The molecule has 0 bridgehead atoms. The summed E-state index contributed by atoms with van der Waals surface area (Å²) in [5, 5.41) is 40.0. The normalized spacial score (nSPS) is 33.9. The fourth-order valence-electron chi connectivity index (χ4n) is 4.88. The van der Waals surface area contributed by atoms with Gasteiger partial charge in [-0.2, -0.15) is 0 Å². The molecular formula is C26H28Cl6N2O14. The Labute approximate surface area is 301 Å². The Balaban J connectivity index is 0.000000294. The van der Waals surface area contributed by atoms with Gasteiger partial charge in [-0.3, -0.25) is 29.0 Å². The third-order valence-electron chi connectivity index (χ3n) is 7.30. The van der Waals surface area contributed by atoms with Crippen LogP contribution >= 0.6 is 69.6 Å². The summed E-state index contributed by atoms with van der Waals surface area (Å²) >= 11 is 32.8. The van der Waals surface area contributed by atoms with E-state index in [4.69, 9.17) is 93.7 Å². The number of esters is 2. The maximum atomic E-state index is 12.2. The number of hydrogen-bond donors (Lipinski definition) is 4. The van der Waals surface area contributed by atoms with E-state index in [1.54, 1.807) is 0 Å². The summed E-state index contributed by atoms with van der Waals surface area (Å²) in [5.41, 5.74) is -3.81. The predicted molar refractivity (Wildman–Crippen MR) is 164 cm³/mol. The van der Waals surface area contributed by atoms with E-state index in [0.717, 1.165) is 22.1 Å². The Hall–Kier alpha value is -1.80. The van der Waals surface area contributed by atoms with Gasteiger partial charge in [0.25, 0.3) is 7.59 Å². The van der Waals surface area contributed by atoms with Gasteiger partial charge in [0, 0.05) is 12.4 Å². The number of rotatable bonds is 6. The molecule has 0 aromatic rings. The molecule has 22 heteroatoms. The van der Waals surface area contributed by atoms with Gasteiger partial charge in [0.15, 0.2) is 30.1 Å². The van der Waals surface area contributed by atoms with Gasteiger partial charge < -0.3 is 39.4 Å². The number of ketones is 2. The van der Waals surface area contributed by atoms with Crippen LogP contribution in [0.1, 0.15) is 26.7 Å². The molecule has 0 saturated carbocycles. The molecule has 4 heterocycles.